The maximum atomic E-state index is 11.5. The van der Waals surface area contributed by atoms with Crippen LogP contribution in [0.3, 0.4) is 0 Å². The summed E-state index contributed by atoms with van der Waals surface area (Å²) in [5, 5.41) is 13.4. The van der Waals surface area contributed by atoms with Crippen molar-refractivity contribution in [2.24, 2.45) is 5.41 Å². The molecule has 0 bridgehead atoms. The Labute approximate surface area is 112 Å². The van der Waals surface area contributed by atoms with Crippen molar-refractivity contribution in [1.82, 2.24) is 10.1 Å². The molecule has 1 heterocycles. The number of aromatic nitrogens is 2. The summed E-state index contributed by atoms with van der Waals surface area (Å²) in [5.41, 5.74) is -0.701. The highest BCUT2D eigenvalue weighted by Gasteiger charge is 2.42. The van der Waals surface area contributed by atoms with Crippen molar-refractivity contribution in [1.29, 1.82) is 0 Å². The lowest BCUT2D eigenvalue weighted by Gasteiger charge is -2.21. The molecule has 0 amide bonds. The van der Waals surface area contributed by atoms with E-state index in [0.29, 0.717) is 31.1 Å². The van der Waals surface area contributed by atoms with Crippen LogP contribution in [0.15, 0.2) is 4.52 Å². The fourth-order valence-corrected chi connectivity index (χ4v) is 2.76. The normalized spacial score (nSPS) is 17.6. The van der Waals surface area contributed by atoms with Crippen LogP contribution in [0.25, 0.3) is 0 Å². The van der Waals surface area contributed by atoms with Gasteiger partial charge < -0.3 is 14.5 Å². The second-order valence-corrected chi connectivity index (χ2v) is 5.13. The van der Waals surface area contributed by atoms with E-state index in [1.165, 1.54) is 0 Å². The molecule has 1 fully saturated rings. The molecule has 6 heteroatoms. The van der Waals surface area contributed by atoms with Gasteiger partial charge in [0.1, 0.15) is 0 Å². The van der Waals surface area contributed by atoms with E-state index in [4.69, 9.17) is 4.52 Å². The Morgan fingerprint density at radius 1 is 1.37 bits per heavy atom. The molecule has 0 saturated heterocycles. The van der Waals surface area contributed by atoms with Crippen molar-refractivity contribution in [2.75, 3.05) is 18.0 Å². The van der Waals surface area contributed by atoms with Gasteiger partial charge in [-0.15, -0.1) is 0 Å². The molecule has 1 N–H and O–H groups in total. The van der Waals surface area contributed by atoms with Crippen LogP contribution in [0.4, 0.5) is 5.95 Å². The first kappa shape index (κ1) is 13.8. The van der Waals surface area contributed by atoms with Crippen LogP contribution in [0.2, 0.25) is 0 Å². The highest BCUT2D eigenvalue weighted by Crippen LogP contribution is 2.41. The van der Waals surface area contributed by atoms with Crippen LogP contribution in [-0.2, 0) is 11.2 Å². The van der Waals surface area contributed by atoms with Gasteiger partial charge in [0.2, 0.25) is 5.89 Å². The highest BCUT2D eigenvalue weighted by atomic mass is 16.5. The van der Waals surface area contributed by atoms with Crippen molar-refractivity contribution in [3.63, 3.8) is 0 Å². The smallest absolute Gasteiger partial charge is 0.310 e. The van der Waals surface area contributed by atoms with E-state index < -0.39 is 11.4 Å². The molecule has 1 aromatic rings. The summed E-state index contributed by atoms with van der Waals surface area (Å²) in [7, 11) is 0. The quantitative estimate of drug-likeness (QED) is 0.850. The number of aliphatic carboxylic acids is 1. The molecule has 0 spiro atoms. The van der Waals surface area contributed by atoms with Crippen LogP contribution >= 0.6 is 0 Å². The number of carboxylic acids is 1. The summed E-state index contributed by atoms with van der Waals surface area (Å²) < 4.78 is 5.22. The molecule has 1 aliphatic rings. The van der Waals surface area contributed by atoms with Crippen molar-refractivity contribution in [3.8, 4) is 0 Å². The van der Waals surface area contributed by atoms with Crippen molar-refractivity contribution in [2.45, 2.75) is 46.0 Å². The lowest BCUT2D eigenvalue weighted by Crippen LogP contribution is -2.30. The molecule has 0 unspecified atom stereocenters. The van der Waals surface area contributed by atoms with Gasteiger partial charge in [0.05, 0.1) is 5.41 Å². The second-order valence-electron chi connectivity index (χ2n) is 5.13. The minimum absolute atomic E-state index is 0.344. The fraction of sp³-hybridized carbons (Fsp3) is 0.769. The number of hydrogen-bond donors (Lipinski definition) is 1. The minimum Gasteiger partial charge on any atom is -0.481 e. The second kappa shape index (κ2) is 5.59. The minimum atomic E-state index is -0.743. The van der Waals surface area contributed by atoms with E-state index in [9.17, 15) is 9.90 Å². The number of anilines is 1. The van der Waals surface area contributed by atoms with Gasteiger partial charge in [0, 0.05) is 19.5 Å². The molecular weight excluding hydrogens is 246 g/mol. The van der Waals surface area contributed by atoms with E-state index in [1.54, 1.807) is 0 Å². The Balaban J connectivity index is 2.12. The molecule has 0 radical (unpaired) electrons. The topological polar surface area (TPSA) is 79.5 Å². The van der Waals surface area contributed by atoms with Gasteiger partial charge in [0.25, 0.3) is 5.95 Å². The maximum absolute atomic E-state index is 11.5. The Morgan fingerprint density at radius 2 is 2.00 bits per heavy atom. The van der Waals surface area contributed by atoms with E-state index in [2.05, 4.69) is 10.1 Å². The number of carboxylic acid groups (broad SMARTS) is 1. The summed E-state index contributed by atoms with van der Waals surface area (Å²) in [4.78, 5) is 17.8. The molecule has 106 valence electrons. The molecule has 1 aliphatic carbocycles. The average molecular weight is 267 g/mol. The number of nitrogens with zero attached hydrogens (tertiary/aromatic N) is 3. The van der Waals surface area contributed by atoms with Gasteiger partial charge in [0.15, 0.2) is 0 Å². The first-order chi connectivity index (χ1) is 9.11. The lowest BCUT2D eigenvalue weighted by molar-refractivity contribution is -0.148. The molecular formula is C13H21N3O3. The number of carbonyl (C=O) groups is 1. The monoisotopic (exact) mass is 267 g/mol. The zero-order valence-corrected chi connectivity index (χ0v) is 11.6. The predicted molar refractivity (Wildman–Crippen MR) is 70.1 cm³/mol. The maximum Gasteiger partial charge on any atom is 0.310 e. The zero-order valence-electron chi connectivity index (χ0n) is 11.6. The summed E-state index contributed by atoms with van der Waals surface area (Å²) in [6, 6.07) is 0. The van der Waals surface area contributed by atoms with Gasteiger partial charge in [-0.3, -0.25) is 4.79 Å². The van der Waals surface area contributed by atoms with E-state index >= 15 is 0 Å². The molecule has 0 aliphatic heterocycles. The van der Waals surface area contributed by atoms with Gasteiger partial charge in [-0.25, -0.2) is 0 Å². The molecule has 1 saturated carbocycles. The van der Waals surface area contributed by atoms with E-state index in [-0.39, 0.29) is 0 Å². The fourth-order valence-electron chi connectivity index (χ4n) is 2.76. The van der Waals surface area contributed by atoms with Gasteiger partial charge in [-0.1, -0.05) is 12.8 Å². The van der Waals surface area contributed by atoms with E-state index in [0.717, 1.165) is 25.9 Å². The molecule has 1 aromatic heterocycles. The average Bonchev–Trinajstić information content (AvgIpc) is 3.02. The summed E-state index contributed by atoms with van der Waals surface area (Å²) in [6.45, 7) is 5.66. The Hall–Kier alpha value is -1.59. The van der Waals surface area contributed by atoms with Crippen molar-refractivity contribution < 1.29 is 14.4 Å². The van der Waals surface area contributed by atoms with Gasteiger partial charge in [-0.05, 0) is 31.8 Å². The summed E-state index contributed by atoms with van der Waals surface area (Å²) >= 11 is 0. The van der Waals surface area contributed by atoms with Gasteiger partial charge >= 0.3 is 5.97 Å². The largest absolute Gasteiger partial charge is 0.481 e. The number of hydrogen-bond acceptors (Lipinski definition) is 5. The molecule has 6 nitrogen and oxygen atoms in total. The molecule has 19 heavy (non-hydrogen) atoms. The SMILES string of the molecule is CCN(CC)c1noc(CC2(C(=O)O)CCCC2)n1. The molecule has 0 atom stereocenters. The van der Waals surface area contributed by atoms with Crippen molar-refractivity contribution >= 4 is 11.9 Å². The van der Waals surface area contributed by atoms with Crippen molar-refractivity contribution in [3.05, 3.63) is 5.89 Å². The predicted octanol–water partition coefficient (Wildman–Crippen LogP) is 2.10. The van der Waals surface area contributed by atoms with Crippen LogP contribution in [0.5, 0.6) is 0 Å². The molecule has 0 aromatic carbocycles. The summed E-state index contributed by atoms with van der Waals surface area (Å²) in [6.07, 6.45) is 3.67. The third kappa shape index (κ3) is 2.72. The zero-order chi connectivity index (χ0) is 13.9. The first-order valence-electron chi connectivity index (χ1n) is 6.92. The van der Waals surface area contributed by atoms with Crippen LogP contribution < -0.4 is 4.90 Å². The standard InChI is InChI=1S/C13H21N3O3/c1-3-16(4-2)12-14-10(19-15-12)9-13(11(17)18)7-5-6-8-13/h3-9H2,1-2H3,(H,17,18). The Kier molecular flexibility index (Phi) is 4.07. The lowest BCUT2D eigenvalue weighted by atomic mass is 9.83. The molecule has 2 rings (SSSR count). The Morgan fingerprint density at radius 3 is 2.53 bits per heavy atom. The summed E-state index contributed by atoms with van der Waals surface area (Å²) in [5.74, 6) is 0.248. The van der Waals surface area contributed by atoms with Gasteiger partial charge in [-0.2, -0.15) is 4.98 Å². The van der Waals surface area contributed by atoms with Crippen LogP contribution in [0, 0.1) is 5.41 Å². The highest BCUT2D eigenvalue weighted by molar-refractivity contribution is 5.75. The third-order valence-corrected chi connectivity index (χ3v) is 4.01. The van der Waals surface area contributed by atoms with E-state index in [1.807, 2.05) is 18.7 Å². The first-order valence-corrected chi connectivity index (χ1v) is 6.92. The van der Waals surface area contributed by atoms with Crippen LogP contribution in [0.1, 0.15) is 45.4 Å². The third-order valence-electron chi connectivity index (χ3n) is 4.01. The number of rotatable bonds is 6. The Bertz CT molecular complexity index is 434. The van der Waals surface area contributed by atoms with Crippen LogP contribution in [-0.4, -0.2) is 34.3 Å².